The van der Waals surface area contributed by atoms with Gasteiger partial charge in [-0.05, 0) is 6.92 Å². The molecule has 44 valence electrons. The molecule has 0 aromatic heterocycles. The molecule has 0 saturated carbocycles. The summed E-state index contributed by atoms with van der Waals surface area (Å²) >= 11 is 1.61. The number of hydrogen-bond donors (Lipinski definition) is 1. The van der Waals surface area contributed by atoms with Gasteiger partial charge in [0.2, 0.25) is 0 Å². The normalized spacial score (nSPS) is 16.4. The van der Waals surface area contributed by atoms with E-state index in [1.807, 2.05) is 0 Å². The molecule has 0 aliphatic heterocycles. The Morgan fingerprint density at radius 2 is 1.86 bits per heavy atom. The Kier molecular flexibility index (Phi) is 2.48. The summed E-state index contributed by atoms with van der Waals surface area (Å²) in [5, 5.41) is 0. The van der Waals surface area contributed by atoms with Crippen molar-refractivity contribution >= 4 is 32.7 Å². The minimum atomic E-state index is -3.75. The zero-order valence-electron chi connectivity index (χ0n) is 3.63. The van der Waals surface area contributed by atoms with Crippen LogP contribution < -0.4 is 0 Å². The Morgan fingerprint density at radius 3 is 1.86 bits per heavy atom. The van der Waals surface area contributed by atoms with Crippen molar-refractivity contribution in [2.45, 2.75) is 10.2 Å². The van der Waals surface area contributed by atoms with Crippen LogP contribution in [0.25, 0.3) is 0 Å². The summed E-state index contributed by atoms with van der Waals surface area (Å²) in [5.41, 5.74) is 0. The van der Waals surface area contributed by atoms with Gasteiger partial charge in [-0.15, -0.1) is 0 Å². The van der Waals surface area contributed by atoms with Gasteiger partial charge < -0.3 is 0 Å². The van der Waals surface area contributed by atoms with Crippen LogP contribution in [0.1, 0.15) is 6.92 Å². The number of hydrogen-bond acceptors (Lipinski definition) is 2. The van der Waals surface area contributed by atoms with E-state index in [0.717, 1.165) is 0 Å². The zero-order valence-corrected chi connectivity index (χ0v) is 6.60. The highest BCUT2D eigenvalue weighted by molar-refractivity contribution is 14.1. The van der Waals surface area contributed by atoms with Crippen LogP contribution in [-0.2, 0) is 10.1 Å². The van der Waals surface area contributed by atoms with E-state index in [1.165, 1.54) is 6.92 Å². The highest BCUT2D eigenvalue weighted by Crippen LogP contribution is 2.04. The molecular weight excluding hydrogens is 231 g/mol. The van der Waals surface area contributed by atoms with Gasteiger partial charge in [-0.3, -0.25) is 4.55 Å². The summed E-state index contributed by atoms with van der Waals surface area (Å²) in [6, 6.07) is 0. The number of rotatable bonds is 1. The molecule has 0 saturated heterocycles. The van der Waals surface area contributed by atoms with E-state index in [1.54, 1.807) is 22.6 Å². The predicted molar refractivity (Wildman–Crippen MR) is 35.0 cm³/mol. The molecule has 1 unspecified atom stereocenters. The van der Waals surface area contributed by atoms with Gasteiger partial charge >= 0.3 is 0 Å². The third kappa shape index (κ3) is 3.24. The summed E-state index contributed by atoms with van der Waals surface area (Å²) in [7, 11) is -3.75. The zero-order chi connectivity index (χ0) is 6.08. The van der Waals surface area contributed by atoms with Gasteiger partial charge in [0, 0.05) is 0 Å². The first-order chi connectivity index (χ1) is 2.94. The smallest absolute Gasteiger partial charge is 0.276 e. The van der Waals surface area contributed by atoms with E-state index in [-0.39, 0.29) is 0 Å². The molecule has 0 spiro atoms. The molecular formula is C2H5IO3S. The highest BCUT2D eigenvalue weighted by Gasteiger charge is 2.10. The maximum absolute atomic E-state index is 9.88. The summed E-state index contributed by atoms with van der Waals surface area (Å²) in [6.07, 6.45) is 0. The van der Waals surface area contributed by atoms with Crippen LogP contribution in [0.15, 0.2) is 0 Å². The van der Waals surface area contributed by atoms with Crippen LogP contribution in [-0.4, -0.2) is 16.2 Å². The summed E-state index contributed by atoms with van der Waals surface area (Å²) in [5.74, 6) is 0. The lowest BCUT2D eigenvalue weighted by Crippen LogP contribution is -2.07. The second-order valence-corrected chi connectivity index (χ2v) is 5.51. The molecule has 0 rings (SSSR count). The molecule has 0 amide bonds. The lowest BCUT2D eigenvalue weighted by atomic mass is 11.0. The fourth-order valence-corrected chi connectivity index (χ4v) is 0. The fourth-order valence-electron chi connectivity index (χ4n) is 0. The topological polar surface area (TPSA) is 54.4 Å². The minimum absolute atomic E-state index is 0.704. The van der Waals surface area contributed by atoms with Crippen LogP contribution in [0.4, 0.5) is 0 Å². The molecule has 0 fully saturated rings. The second-order valence-electron chi connectivity index (χ2n) is 1.06. The summed E-state index contributed by atoms with van der Waals surface area (Å²) < 4.78 is 27.1. The maximum Gasteiger partial charge on any atom is 0.276 e. The highest BCUT2D eigenvalue weighted by atomic mass is 127. The van der Waals surface area contributed by atoms with Crippen LogP contribution >= 0.6 is 22.6 Å². The van der Waals surface area contributed by atoms with Gasteiger partial charge in [-0.25, -0.2) is 0 Å². The van der Waals surface area contributed by atoms with E-state index in [0.29, 0.717) is 0 Å². The molecule has 1 atom stereocenters. The van der Waals surface area contributed by atoms with Crippen LogP contribution in [0, 0.1) is 0 Å². The standard InChI is InChI=1S/C2H5IO3S/c1-2(3)7(4,5)6/h2H,1H3,(H,4,5,6). The molecule has 0 bridgehead atoms. The molecule has 5 heteroatoms. The van der Waals surface area contributed by atoms with Crippen molar-refractivity contribution in [1.82, 2.24) is 0 Å². The predicted octanol–water partition coefficient (Wildman–Crippen LogP) is 0.655. The van der Waals surface area contributed by atoms with Crippen LogP contribution in [0.3, 0.4) is 0 Å². The first-order valence-electron chi connectivity index (χ1n) is 1.55. The molecule has 0 radical (unpaired) electrons. The van der Waals surface area contributed by atoms with E-state index in [4.69, 9.17) is 4.55 Å². The summed E-state index contributed by atoms with van der Waals surface area (Å²) in [6.45, 7) is 1.40. The van der Waals surface area contributed by atoms with E-state index in [2.05, 4.69) is 0 Å². The van der Waals surface area contributed by atoms with Crippen molar-refractivity contribution in [2.75, 3.05) is 0 Å². The van der Waals surface area contributed by atoms with Crippen molar-refractivity contribution in [1.29, 1.82) is 0 Å². The quantitative estimate of drug-likeness (QED) is 0.413. The Balaban J connectivity index is 4.10. The van der Waals surface area contributed by atoms with Gasteiger partial charge in [0.1, 0.15) is 3.26 Å². The Bertz CT molecular complexity index is 135. The molecule has 0 heterocycles. The Morgan fingerprint density at radius 1 is 1.71 bits per heavy atom. The Labute approximate surface area is 56.0 Å². The molecule has 3 nitrogen and oxygen atoms in total. The minimum Gasteiger partial charge on any atom is -0.285 e. The van der Waals surface area contributed by atoms with Crippen LogP contribution in [0.5, 0.6) is 0 Å². The second kappa shape index (κ2) is 2.27. The maximum atomic E-state index is 9.88. The lowest BCUT2D eigenvalue weighted by molar-refractivity contribution is 0.483. The van der Waals surface area contributed by atoms with E-state index < -0.39 is 13.4 Å². The SMILES string of the molecule is CC(I)S(=O)(=O)O. The van der Waals surface area contributed by atoms with Gasteiger partial charge in [0.25, 0.3) is 10.1 Å². The third-order valence-corrected chi connectivity index (χ3v) is 3.16. The van der Waals surface area contributed by atoms with Crippen molar-refractivity contribution in [2.24, 2.45) is 0 Å². The average Bonchev–Trinajstić information content (AvgIpc) is 1.31. The number of alkyl halides is 1. The van der Waals surface area contributed by atoms with Crippen molar-refractivity contribution < 1.29 is 13.0 Å². The molecule has 0 aromatic carbocycles. The molecule has 1 N–H and O–H groups in total. The first-order valence-corrected chi connectivity index (χ1v) is 4.30. The first kappa shape index (κ1) is 7.64. The van der Waals surface area contributed by atoms with Gasteiger partial charge in [-0.2, -0.15) is 8.42 Å². The fraction of sp³-hybridized carbons (Fsp3) is 1.00. The van der Waals surface area contributed by atoms with Gasteiger partial charge in [0.05, 0.1) is 0 Å². The molecule has 0 aliphatic carbocycles. The van der Waals surface area contributed by atoms with E-state index >= 15 is 0 Å². The van der Waals surface area contributed by atoms with Crippen LogP contribution in [0.2, 0.25) is 0 Å². The molecule has 0 aliphatic rings. The Hall–Kier alpha value is 0.640. The molecule has 7 heavy (non-hydrogen) atoms. The van der Waals surface area contributed by atoms with Crippen molar-refractivity contribution in [3.05, 3.63) is 0 Å². The lowest BCUT2D eigenvalue weighted by Gasteiger charge is -1.92. The monoisotopic (exact) mass is 236 g/mol. The van der Waals surface area contributed by atoms with Crippen molar-refractivity contribution in [3.8, 4) is 0 Å². The third-order valence-electron chi connectivity index (χ3n) is 0.410. The molecule has 0 aromatic rings. The summed E-state index contributed by atoms with van der Waals surface area (Å²) in [4.78, 5) is 0. The van der Waals surface area contributed by atoms with Gasteiger partial charge in [-0.1, -0.05) is 22.6 Å². The largest absolute Gasteiger partial charge is 0.285 e. The average molecular weight is 236 g/mol. The van der Waals surface area contributed by atoms with E-state index in [9.17, 15) is 8.42 Å². The number of halogens is 1. The van der Waals surface area contributed by atoms with Gasteiger partial charge in [0.15, 0.2) is 0 Å². The van der Waals surface area contributed by atoms with Crippen molar-refractivity contribution in [3.63, 3.8) is 0 Å².